The summed E-state index contributed by atoms with van der Waals surface area (Å²) in [6, 6.07) is 8.26. The molecule has 0 bridgehead atoms. The van der Waals surface area contributed by atoms with Crippen molar-refractivity contribution in [3.8, 4) is 5.88 Å². The Morgan fingerprint density at radius 2 is 2.04 bits per heavy atom. The number of ether oxygens (including phenoxy) is 1. The number of nitrogens with one attached hydrogen (secondary N) is 1. The molecule has 0 aliphatic heterocycles. The van der Waals surface area contributed by atoms with E-state index in [2.05, 4.69) is 29.4 Å². The molecule has 2 unspecified atom stereocenters. The van der Waals surface area contributed by atoms with Gasteiger partial charge in [0.1, 0.15) is 0 Å². The maximum Gasteiger partial charge on any atom is 0.213 e. The van der Waals surface area contributed by atoms with Crippen LogP contribution in [0.4, 0.5) is 5.69 Å². The lowest BCUT2D eigenvalue weighted by Crippen LogP contribution is -2.06. The van der Waals surface area contributed by atoms with E-state index in [0.717, 1.165) is 35.2 Å². The van der Waals surface area contributed by atoms with Gasteiger partial charge < -0.3 is 10.1 Å². The molecule has 1 spiro atoms. The Bertz CT molecular complexity index is 789. The Balaban J connectivity index is 1.50. The molecule has 2 aliphatic rings. The Labute approximate surface area is 161 Å². The van der Waals surface area contributed by atoms with Gasteiger partial charge in [0.2, 0.25) is 5.88 Å². The van der Waals surface area contributed by atoms with E-state index >= 15 is 0 Å². The fourth-order valence-electron chi connectivity index (χ4n) is 4.44. The summed E-state index contributed by atoms with van der Waals surface area (Å²) in [5.74, 6) is 1.56. The Kier molecular flexibility index (Phi) is 4.83. The van der Waals surface area contributed by atoms with Crippen molar-refractivity contribution < 1.29 is 4.74 Å². The van der Waals surface area contributed by atoms with E-state index in [4.69, 9.17) is 16.3 Å². The van der Waals surface area contributed by atoms with Crippen molar-refractivity contribution in [2.24, 2.45) is 11.3 Å². The van der Waals surface area contributed by atoms with Crippen LogP contribution >= 0.6 is 11.6 Å². The van der Waals surface area contributed by atoms with Gasteiger partial charge in [-0.2, -0.15) is 0 Å². The number of nitrogens with zero attached hydrogens (tertiary/aromatic N) is 1. The van der Waals surface area contributed by atoms with Crippen LogP contribution in [0.3, 0.4) is 0 Å². The van der Waals surface area contributed by atoms with Crippen LogP contribution in [0.5, 0.6) is 5.88 Å². The number of pyridine rings is 1. The van der Waals surface area contributed by atoms with Crippen molar-refractivity contribution >= 4 is 17.3 Å². The third-order valence-corrected chi connectivity index (χ3v) is 6.60. The zero-order valence-electron chi connectivity index (χ0n) is 15.6. The standard InChI is InChI=1S/C22H27ClN2O/c1-3-26-20-7-4-16(13-24-20)14-25-21-18-9-11-22(12-15(22)2)10-8-17(18)5-6-19(21)23/h4-7,13,15,25H,3,8-12,14H2,1-2H3. The summed E-state index contributed by atoms with van der Waals surface area (Å²) >= 11 is 6.56. The first kappa shape index (κ1) is 17.7. The van der Waals surface area contributed by atoms with Gasteiger partial charge in [0, 0.05) is 18.8 Å². The first-order valence-electron chi connectivity index (χ1n) is 9.73. The number of rotatable bonds is 5. The Hall–Kier alpha value is -1.74. The summed E-state index contributed by atoms with van der Waals surface area (Å²) in [5.41, 5.74) is 5.73. The summed E-state index contributed by atoms with van der Waals surface area (Å²) in [6.07, 6.45) is 8.19. The Morgan fingerprint density at radius 3 is 2.73 bits per heavy atom. The second-order valence-electron chi connectivity index (χ2n) is 7.82. The van der Waals surface area contributed by atoms with Gasteiger partial charge in [-0.15, -0.1) is 0 Å². The zero-order valence-corrected chi connectivity index (χ0v) is 16.4. The molecule has 1 fully saturated rings. The van der Waals surface area contributed by atoms with Crippen LogP contribution in [0.25, 0.3) is 0 Å². The van der Waals surface area contributed by atoms with Crippen molar-refractivity contribution in [3.63, 3.8) is 0 Å². The number of hydrogen-bond acceptors (Lipinski definition) is 3. The minimum absolute atomic E-state index is 0.599. The number of halogens is 1. The van der Waals surface area contributed by atoms with Gasteiger partial charge in [-0.1, -0.05) is 30.7 Å². The van der Waals surface area contributed by atoms with Crippen molar-refractivity contribution in [2.45, 2.75) is 52.5 Å². The number of aryl methyl sites for hydroxylation is 1. The summed E-state index contributed by atoms with van der Waals surface area (Å²) in [5, 5.41) is 4.40. The number of fused-ring (bicyclic) bond motifs is 1. The molecule has 1 heterocycles. The molecule has 1 aromatic heterocycles. The molecule has 0 amide bonds. The van der Waals surface area contributed by atoms with E-state index < -0.39 is 0 Å². The number of anilines is 1. The summed E-state index contributed by atoms with van der Waals surface area (Å²) in [4.78, 5) is 4.35. The Morgan fingerprint density at radius 1 is 1.23 bits per heavy atom. The summed E-state index contributed by atoms with van der Waals surface area (Å²) in [7, 11) is 0. The van der Waals surface area contributed by atoms with Crippen molar-refractivity contribution in [1.82, 2.24) is 4.98 Å². The van der Waals surface area contributed by atoms with E-state index in [1.54, 1.807) is 0 Å². The lowest BCUT2D eigenvalue weighted by Gasteiger charge is -2.16. The largest absolute Gasteiger partial charge is 0.478 e. The molecular formula is C22H27ClN2O. The lowest BCUT2D eigenvalue weighted by atomic mass is 9.94. The van der Waals surface area contributed by atoms with Gasteiger partial charge in [-0.25, -0.2) is 4.98 Å². The maximum absolute atomic E-state index is 6.56. The molecule has 3 nitrogen and oxygen atoms in total. The van der Waals surface area contributed by atoms with E-state index in [0.29, 0.717) is 17.9 Å². The molecule has 0 saturated heterocycles. The smallest absolute Gasteiger partial charge is 0.213 e. The topological polar surface area (TPSA) is 34.1 Å². The molecule has 0 radical (unpaired) electrons. The van der Waals surface area contributed by atoms with Crippen LogP contribution in [0.1, 0.15) is 49.8 Å². The van der Waals surface area contributed by atoms with E-state index in [1.165, 1.54) is 36.8 Å². The number of hydrogen-bond donors (Lipinski definition) is 1. The SMILES string of the molecule is CCOc1ccc(CNc2c(Cl)ccc3c2CCC2(CC3)CC2C)cn1. The van der Waals surface area contributed by atoms with Gasteiger partial charge in [-0.3, -0.25) is 0 Å². The highest BCUT2D eigenvalue weighted by Gasteiger charge is 2.50. The zero-order chi connectivity index (χ0) is 18.1. The van der Waals surface area contributed by atoms with Crippen LogP contribution in [0, 0.1) is 11.3 Å². The molecular weight excluding hydrogens is 344 g/mol. The average Bonchev–Trinajstić information content (AvgIpc) is 3.33. The van der Waals surface area contributed by atoms with E-state index in [1.807, 2.05) is 25.3 Å². The molecule has 1 N–H and O–H groups in total. The maximum atomic E-state index is 6.56. The third-order valence-electron chi connectivity index (χ3n) is 6.28. The van der Waals surface area contributed by atoms with Crippen molar-refractivity contribution in [3.05, 3.63) is 52.2 Å². The quantitative estimate of drug-likeness (QED) is 0.738. The highest BCUT2D eigenvalue weighted by molar-refractivity contribution is 6.33. The lowest BCUT2D eigenvalue weighted by molar-refractivity contribution is 0.326. The highest BCUT2D eigenvalue weighted by Crippen LogP contribution is 2.60. The molecule has 138 valence electrons. The third kappa shape index (κ3) is 3.42. The van der Waals surface area contributed by atoms with Crippen LogP contribution in [-0.2, 0) is 19.4 Å². The van der Waals surface area contributed by atoms with Crippen molar-refractivity contribution in [1.29, 1.82) is 0 Å². The van der Waals surface area contributed by atoms with Crippen LogP contribution < -0.4 is 10.1 Å². The van der Waals surface area contributed by atoms with Crippen LogP contribution in [0.15, 0.2) is 30.5 Å². The van der Waals surface area contributed by atoms with E-state index in [-0.39, 0.29) is 0 Å². The monoisotopic (exact) mass is 370 g/mol. The molecule has 26 heavy (non-hydrogen) atoms. The first-order chi connectivity index (χ1) is 12.6. The molecule has 1 aromatic carbocycles. The van der Waals surface area contributed by atoms with E-state index in [9.17, 15) is 0 Å². The van der Waals surface area contributed by atoms with Gasteiger partial charge in [0.15, 0.2) is 0 Å². The summed E-state index contributed by atoms with van der Waals surface area (Å²) in [6.45, 7) is 5.72. The van der Waals surface area contributed by atoms with Crippen LogP contribution in [0.2, 0.25) is 5.02 Å². The van der Waals surface area contributed by atoms with Crippen LogP contribution in [-0.4, -0.2) is 11.6 Å². The fourth-order valence-corrected chi connectivity index (χ4v) is 4.69. The predicted molar refractivity (Wildman–Crippen MR) is 107 cm³/mol. The van der Waals surface area contributed by atoms with Gasteiger partial charge >= 0.3 is 0 Å². The predicted octanol–water partition coefficient (Wildman–Crippen LogP) is 5.65. The van der Waals surface area contributed by atoms with Gasteiger partial charge in [0.05, 0.1) is 17.3 Å². The number of benzene rings is 1. The number of aromatic nitrogens is 1. The van der Waals surface area contributed by atoms with Gasteiger partial charge in [0.25, 0.3) is 0 Å². The highest BCUT2D eigenvalue weighted by atomic mass is 35.5. The molecule has 2 atom stereocenters. The molecule has 4 heteroatoms. The molecule has 2 aromatic rings. The second kappa shape index (κ2) is 7.11. The molecule has 2 aliphatic carbocycles. The minimum atomic E-state index is 0.599. The summed E-state index contributed by atoms with van der Waals surface area (Å²) < 4.78 is 5.41. The normalized spacial score (nSPS) is 24.0. The minimum Gasteiger partial charge on any atom is -0.478 e. The van der Waals surface area contributed by atoms with Gasteiger partial charge in [-0.05, 0) is 73.1 Å². The molecule has 1 saturated carbocycles. The molecule has 4 rings (SSSR count). The fraction of sp³-hybridized carbons (Fsp3) is 0.500. The average molecular weight is 371 g/mol. The van der Waals surface area contributed by atoms with Crippen molar-refractivity contribution in [2.75, 3.05) is 11.9 Å². The second-order valence-corrected chi connectivity index (χ2v) is 8.23. The first-order valence-corrected chi connectivity index (χ1v) is 10.1.